The van der Waals surface area contributed by atoms with E-state index in [4.69, 9.17) is 0 Å². The van der Waals surface area contributed by atoms with Crippen molar-refractivity contribution < 1.29 is 8.42 Å². The Hall–Kier alpha value is -0.430. The highest BCUT2D eigenvalue weighted by Crippen LogP contribution is 2.32. The molecule has 0 bridgehead atoms. The van der Waals surface area contributed by atoms with Gasteiger partial charge >= 0.3 is 0 Å². The number of hydrogen-bond donors (Lipinski definition) is 2. The number of hydrogen-bond acceptors (Lipinski definition) is 4. The van der Waals surface area contributed by atoms with Crippen LogP contribution in [0.2, 0.25) is 0 Å². The molecule has 0 spiro atoms. The minimum Gasteiger partial charge on any atom is -0.315 e. The fraction of sp³-hybridized carbons (Fsp3) is 0.692. The molecule has 1 saturated carbocycles. The lowest BCUT2D eigenvalue weighted by molar-refractivity contribution is 0.402. The van der Waals surface area contributed by atoms with Gasteiger partial charge in [-0.25, -0.2) is 13.1 Å². The summed E-state index contributed by atoms with van der Waals surface area (Å²) in [5.74, 6) is 1.00. The molecule has 6 heteroatoms. The first kappa shape index (κ1) is 15.0. The van der Waals surface area contributed by atoms with Gasteiger partial charge in [-0.15, -0.1) is 11.3 Å². The van der Waals surface area contributed by atoms with Crippen LogP contribution in [0, 0.1) is 11.8 Å². The highest BCUT2D eigenvalue weighted by Gasteiger charge is 2.33. The molecule has 1 heterocycles. The van der Waals surface area contributed by atoms with Gasteiger partial charge in [-0.2, -0.15) is 0 Å². The second kappa shape index (κ2) is 5.91. The number of thiophene rings is 1. The highest BCUT2D eigenvalue weighted by molar-refractivity contribution is 7.89. The summed E-state index contributed by atoms with van der Waals surface area (Å²) in [6.07, 6.45) is 2.04. The van der Waals surface area contributed by atoms with Crippen LogP contribution >= 0.6 is 11.3 Å². The predicted octanol–water partition coefficient (Wildman–Crippen LogP) is 2.18. The highest BCUT2D eigenvalue weighted by atomic mass is 32.2. The van der Waals surface area contributed by atoms with Crippen LogP contribution in [0.15, 0.2) is 16.3 Å². The van der Waals surface area contributed by atoms with Crippen LogP contribution < -0.4 is 10.0 Å². The minimum absolute atomic E-state index is 0.0765. The molecule has 0 saturated heterocycles. The van der Waals surface area contributed by atoms with E-state index in [1.165, 1.54) is 11.3 Å². The monoisotopic (exact) mass is 302 g/mol. The van der Waals surface area contributed by atoms with E-state index in [1.54, 1.807) is 11.4 Å². The molecule has 1 aromatic heterocycles. The lowest BCUT2D eigenvalue weighted by Crippen LogP contribution is -2.37. The van der Waals surface area contributed by atoms with Crippen LogP contribution in [-0.4, -0.2) is 21.5 Å². The zero-order valence-electron chi connectivity index (χ0n) is 11.6. The molecular weight excluding hydrogens is 280 g/mol. The van der Waals surface area contributed by atoms with Crippen molar-refractivity contribution in [2.75, 3.05) is 7.05 Å². The van der Waals surface area contributed by atoms with Crippen LogP contribution in [0.1, 0.15) is 31.6 Å². The molecule has 2 rings (SSSR count). The van der Waals surface area contributed by atoms with Gasteiger partial charge in [0.1, 0.15) is 0 Å². The third-order valence-corrected chi connectivity index (χ3v) is 6.62. The predicted molar refractivity (Wildman–Crippen MR) is 78.8 cm³/mol. The van der Waals surface area contributed by atoms with Gasteiger partial charge in [0.25, 0.3) is 0 Å². The molecule has 1 aliphatic rings. The van der Waals surface area contributed by atoms with Crippen molar-refractivity contribution in [1.29, 1.82) is 0 Å². The maximum Gasteiger partial charge on any atom is 0.241 e. The van der Waals surface area contributed by atoms with E-state index in [1.807, 2.05) is 7.05 Å². The summed E-state index contributed by atoms with van der Waals surface area (Å²) in [5.41, 5.74) is 0. The van der Waals surface area contributed by atoms with E-state index in [-0.39, 0.29) is 6.04 Å². The lowest BCUT2D eigenvalue weighted by Gasteiger charge is -2.19. The van der Waals surface area contributed by atoms with E-state index >= 15 is 0 Å². The SMILES string of the molecule is CNCc1cc(S(=O)(=O)NC2CCC(C)C2C)cs1. The fourth-order valence-electron chi connectivity index (χ4n) is 2.57. The molecule has 0 aliphatic heterocycles. The Kier molecular flexibility index (Phi) is 4.66. The average molecular weight is 302 g/mol. The zero-order valence-corrected chi connectivity index (χ0v) is 13.3. The van der Waals surface area contributed by atoms with E-state index < -0.39 is 10.0 Å². The normalized spacial score (nSPS) is 27.8. The molecule has 1 fully saturated rings. The van der Waals surface area contributed by atoms with Crippen molar-refractivity contribution in [2.45, 2.75) is 44.2 Å². The van der Waals surface area contributed by atoms with Crippen LogP contribution in [0.3, 0.4) is 0 Å². The van der Waals surface area contributed by atoms with E-state index in [0.717, 1.165) is 17.7 Å². The molecule has 0 aromatic carbocycles. The van der Waals surface area contributed by atoms with Crippen molar-refractivity contribution in [1.82, 2.24) is 10.0 Å². The number of rotatable bonds is 5. The van der Waals surface area contributed by atoms with E-state index in [2.05, 4.69) is 23.9 Å². The topological polar surface area (TPSA) is 58.2 Å². The molecular formula is C13H22N2O2S2. The van der Waals surface area contributed by atoms with Crippen LogP contribution in [-0.2, 0) is 16.6 Å². The summed E-state index contributed by atoms with van der Waals surface area (Å²) in [6.45, 7) is 5.02. The van der Waals surface area contributed by atoms with Crippen molar-refractivity contribution in [3.05, 3.63) is 16.3 Å². The average Bonchev–Trinajstić information content (AvgIpc) is 2.92. The number of nitrogens with one attached hydrogen (secondary N) is 2. The molecule has 19 heavy (non-hydrogen) atoms. The molecule has 0 radical (unpaired) electrons. The summed E-state index contributed by atoms with van der Waals surface area (Å²) in [4.78, 5) is 1.44. The molecule has 3 unspecified atom stereocenters. The van der Waals surface area contributed by atoms with Gasteiger partial charge in [0.15, 0.2) is 0 Å². The molecule has 3 atom stereocenters. The van der Waals surface area contributed by atoms with Crippen molar-refractivity contribution in [3.8, 4) is 0 Å². The smallest absolute Gasteiger partial charge is 0.241 e. The second-order valence-corrected chi connectivity index (χ2v) is 8.13. The van der Waals surface area contributed by atoms with Crippen molar-refractivity contribution >= 4 is 21.4 Å². The summed E-state index contributed by atoms with van der Waals surface area (Å²) < 4.78 is 27.5. The Morgan fingerprint density at radius 1 is 1.37 bits per heavy atom. The summed E-state index contributed by atoms with van der Waals surface area (Å²) in [5, 5.41) is 4.75. The summed E-state index contributed by atoms with van der Waals surface area (Å²) in [6, 6.07) is 1.83. The standard InChI is InChI=1S/C13H22N2O2S2/c1-9-4-5-13(10(9)2)15-19(16,17)12-6-11(7-14-3)18-8-12/h6,8-10,13-15H,4-5,7H2,1-3H3. The van der Waals surface area contributed by atoms with Gasteiger partial charge in [0, 0.05) is 22.8 Å². The van der Waals surface area contributed by atoms with Crippen LogP contribution in [0.5, 0.6) is 0 Å². The third-order valence-electron chi connectivity index (χ3n) is 4.06. The van der Waals surface area contributed by atoms with E-state index in [9.17, 15) is 8.42 Å². The van der Waals surface area contributed by atoms with Gasteiger partial charge in [0.05, 0.1) is 4.90 Å². The quantitative estimate of drug-likeness (QED) is 0.876. The first-order valence-corrected chi connectivity index (χ1v) is 9.04. The number of sulfonamides is 1. The molecule has 0 amide bonds. The Morgan fingerprint density at radius 3 is 2.68 bits per heavy atom. The van der Waals surface area contributed by atoms with Crippen LogP contribution in [0.25, 0.3) is 0 Å². The minimum atomic E-state index is -3.36. The second-order valence-electron chi connectivity index (χ2n) is 5.42. The van der Waals surface area contributed by atoms with Crippen molar-refractivity contribution in [2.24, 2.45) is 11.8 Å². The lowest BCUT2D eigenvalue weighted by atomic mass is 9.98. The molecule has 1 aliphatic carbocycles. The summed E-state index contributed by atoms with van der Waals surface area (Å²) >= 11 is 1.48. The Morgan fingerprint density at radius 2 is 2.11 bits per heavy atom. The van der Waals surface area contributed by atoms with Gasteiger partial charge in [-0.3, -0.25) is 0 Å². The largest absolute Gasteiger partial charge is 0.315 e. The maximum atomic E-state index is 12.3. The maximum absolute atomic E-state index is 12.3. The molecule has 2 N–H and O–H groups in total. The molecule has 108 valence electrons. The van der Waals surface area contributed by atoms with Gasteiger partial charge in [-0.1, -0.05) is 13.8 Å². The Bertz CT molecular complexity index is 525. The van der Waals surface area contributed by atoms with E-state index in [0.29, 0.717) is 23.3 Å². The Balaban J connectivity index is 2.09. The summed E-state index contributed by atoms with van der Waals surface area (Å²) in [7, 11) is -1.51. The third kappa shape index (κ3) is 3.37. The first-order valence-electron chi connectivity index (χ1n) is 6.68. The molecule has 1 aromatic rings. The van der Waals surface area contributed by atoms with Gasteiger partial charge in [-0.05, 0) is 37.8 Å². The molecule has 4 nitrogen and oxygen atoms in total. The van der Waals surface area contributed by atoms with Crippen LogP contribution in [0.4, 0.5) is 0 Å². The van der Waals surface area contributed by atoms with Gasteiger partial charge in [0.2, 0.25) is 10.0 Å². The van der Waals surface area contributed by atoms with Crippen molar-refractivity contribution in [3.63, 3.8) is 0 Å². The zero-order chi connectivity index (χ0) is 14.0. The van der Waals surface area contributed by atoms with Gasteiger partial charge < -0.3 is 5.32 Å². The fourth-order valence-corrected chi connectivity index (χ4v) is 5.22. The first-order chi connectivity index (χ1) is 8.94. The Labute approximate surface area is 119 Å².